The normalized spacial score (nSPS) is 15.8. The number of Topliss-reactive ketones (excluding diaryl/α,β-unsaturated/α-hetero) is 2. The molecule has 1 heterocycles. The number of hydrogen-bond acceptors (Lipinski definition) is 10. The van der Waals surface area contributed by atoms with Gasteiger partial charge in [0.2, 0.25) is 11.6 Å². The van der Waals surface area contributed by atoms with Gasteiger partial charge < -0.3 is 34.9 Å². The Morgan fingerprint density at radius 3 is 1.93 bits per heavy atom. The smallest absolute Gasteiger partial charge is 0.229 e. The second-order valence-electron chi connectivity index (χ2n) is 14.2. The number of nitrogens with one attached hydrogen (secondary N) is 1. The van der Waals surface area contributed by atoms with E-state index in [1.807, 2.05) is 53.7 Å². The van der Waals surface area contributed by atoms with Crippen LogP contribution in [0.5, 0.6) is 23.0 Å². The number of allylic oxidation sites excluding steroid dienone is 4. The zero-order chi connectivity index (χ0) is 38.7. The molecule has 0 aromatic heterocycles. The van der Waals surface area contributed by atoms with Gasteiger partial charge in [-0.05, 0) is 72.2 Å². The van der Waals surface area contributed by atoms with Crippen LogP contribution in [0.15, 0.2) is 84.6 Å². The van der Waals surface area contributed by atoms with Crippen LogP contribution >= 0.6 is 0 Å². The van der Waals surface area contributed by atoms with Crippen LogP contribution in [0.2, 0.25) is 0 Å². The highest BCUT2D eigenvalue weighted by Gasteiger charge is 2.41. The standard InChI is InChI=1S/C44H42N2O8/c1-21(2)33-29-15-23(5)35(41(49)37(29)31(39(47)42(33)50)19-45-25-11-9-13-27(17-25)52-7)36-24(6)16-30-34(22(3)4)43(51)40(48)32-20-46(54-44(36)38(30)32)26-12-10-14-28(18-26)53-8/h9-22,45,49-51H,1-8H3/b31-19-. The van der Waals surface area contributed by atoms with E-state index in [9.17, 15) is 24.9 Å². The lowest BCUT2D eigenvalue weighted by Gasteiger charge is -2.35. The second kappa shape index (κ2) is 13.5. The fourth-order valence-electron chi connectivity index (χ4n) is 7.67. The maximum Gasteiger partial charge on any atom is 0.229 e. The third kappa shape index (κ3) is 5.65. The van der Waals surface area contributed by atoms with Gasteiger partial charge in [0.25, 0.3) is 0 Å². The number of ketones is 2. The number of phenolic OH excluding ortho intramolecular Hbond substituents is 1. The Labute approximate surface area is 313 Å². The minimum atomic E-state index is -0.645. The van der Waals surface area contributed by atoms with Gasteiger partial charge in [0.15, 0.2) is 17.3 Å². The van der Waals surface area contributed by atoms with Crippen molar-refractivity contribution in [3.05, 3.63) is 118 Å². The Morgan fingerprint density at radius 2 is 1.30 bits per heavy atom. The molecule has 4 N–H and O–H groups in total. The molecule has 4 aromatic carbocycles. The molecule has 1 aliphatic heterocycles. The molecule has 10 heteroatoms. The fraction of sp³-hybridized carbons (Fsp3) is 0.227. The van der Waals surface area contributed by atoms with Crippen molar-refractivity contribution in [2.45, 2.75) is 41.5 Å². The number of aliphatic hydroxyl groups is 2. The van der Waals surface area contributed by atoms with Crippen molar-refractivity contribution in [3.8, 4) is 34.1 Å². The molecule has 7 rings (SSSR count). The summed E-state index contributed by atoms with van der Waals surface area (Å²) in [5.41, 5.74) is 6.51. The zero-order valence-corrected chi connectivity index (χ0v) is 31.4. The first-order valence-electron chi connectivity index (χ1n) is 17.7. The van der Waals surface area contributed by atoms with Gasteiger partial charge in [-0.2, -0.15) is 5.06 Å². The Morgan fingerprint density at radius 1 is 0.722 bits per heavy atom. The highest BCUT2D eigenvalue weighted by atomic mass is 16.7. The molecule has 3 aliphatic rings. The van der Waals surface area contributed by atoms with E-state index >= 15 is 0 Å². The lowest BCUT2D eigenvalue weighted by molar-refractivity contribution is -0.113. The summed E-state index contributed by atoms with van der Waals surface area (Å²) in [5.74, 6) is -1.10. The molecule has 0 radical (unpaired) electrons. The fourth-order valence-corrected chi connectivity index (χ4v) is 7.67. The predicted molar refractivity (Wildman–Crippen MR) is 210 cm³/mol. The summed E-state index contributed by atoms with van der Waals surface area (Å²) >= 11 is 0. The van der Waals surface area contributed by atoms with E-state index < -0.39 is 11.6 Å². The Bertz CT molecular complexity index is 2410. The lowest BCUT2D eigenvalue weighted by atomic mass is 9.75. The number of aliphatic hydroxyl groups excluding tert-OH is 2. The van der Waals surface area contributed by atoms with Gasteiger partial charge >= 0.3 is 0 Å². The maximum absolute atomic E-state index is 14.0. The van der Waals surface area contributed by atoms with Crippen LogP contribution in [-0.4, -0.2) is 41.1 Å². The summed E-state index contributed by atoms with van der Waals surface area (Å²) in [7, 11) is 3.11. The molecule has 0 amide bonds. The third-order valence-corrected chi connectivity index (χ3v) is 10.1. The number of ether oxygens (including phenoxy) is 2. The van der Waals surface area contributed by atoms with E-state index in [-0.39, 0.29) is 45.8 Å². The SMILES string of the molecule is COc1cccc(N/C=C2\C(=O)C(O)=C(C(C)C)c3cc(C)c(-c4c(C)cc5c6c4ON(c4cccc(OC)c4)C=C6C(=O)C(O)=C5C(C)C)c(O)c32)c1. The van der Waals surface area contributed by atoms with Crippen molar-refractivity contribution in [2.24, 2.45) is 11.8 Å². The molecular formula is C44H42N2O8. The minimum Gasteiger partial charge on any atom is -0.507 e. The van der Waals surface area contributed by atoms with E-state index in [1.165, 1.54) is 11.3 Å². The van der Waals surface area contributed by atoms with Crippen molar-refractivity contribution in [1.29, 1.82) is 0 Å². The molecule has 0 bridgehead atoms. The van der Waals surface area contributed by atoms with Gasteiger partial charge in [-0.25, -0.2) is 0 Å². The van der Waals surface area contributed by atoms with Crippen LogP contribution in [0.3, 0.4) is 0 Å². The number of phenols is 1. The number of carbonyl (C=O) groups is 2. The Kier molecular flexibility index (Phi) is 9.01. The molecule has 0 fully saturated rings. The van der Waals surface area contributed by atoms with E-state index in [2.05, 4.69) is 5.32 Å². The van der Waals surface area contributed by atoms with Crippen molar-refractivity contribution < 1.29 is 39.2 Å². The van der Waals surface area contributed by atoms with Crippen LogP contribution in [0.1, 0.15) is 61.1 Å². The van der Waals surface area contributed by atoms with Gasteiger partial charge in [0.05, 0.1) is 37.3 Å². The first kappa shape index (κ1) is 36.0. The molecule has 10 nitrogen and oxygen atoms in total. The first-order chi connectivity index (χ1) is 25.8. The summed E-state index contributed by atoms with van der Waals surface area (Å²) in [6, 6.07) is 18.1. The summed E-state index contributed by atoms with van der Waals surface area (Å²) in [5, 5.41) is 39.8. The second-order valence-corrected chi connectivity index (χ2v) is 14.2. The van der Waals surface area contributed by atoms with E-state index in [4.69, 9.17) is 14.3 Å². The monoisotopic (exact) mass is 726 g/mol. The summed E-state index contributed by atoms with van der Waals surface area (Å²) < 4.78 is 10.8. The van der Waals surface area contributed by atoms with Crippen LogP contribution < -0.4 is 24.7 Å². The molecule has 0 saturated heterocycles. The molecule has 2 aliphatic carbocycles. The number of hydrogen-bond donors (Lipinski definition) is 4. The predicted octanol–water partition coefficient (Wildman–Crippen LogP) is 9.32. The highest BCUT2D eigenvalue weighted by molar-refractivity contribution is 6.35. The maximum atomic E-state index is 14.0. The topological polar surface area (TPSA) is 138 Å². The van der Waals surface area contributed by atoms with E-state index in [0.717, 1.165) is 0 Å². The summed E-state index contributed by atoms with van der Waals surface area (Å²) in [6.07, 6.45) is 3.04. The van der Waals surface area contributed by atoms with Crippen LogP contribution in [0, 0.1) is 25.7 Å². The molecule has 0 spiro atoms. The Balaban J connectivity index is 1.52. The number of anilines is 2. The van der Waals surface area contributed by atoms with Gasteiger partial charge in [0.1, 0.15) is 17.2 Å². The number of methoxy groups -OCH3 is 2. The molecule has 54 heavy (non-hydrogen) atoms. The number of aromatic hydroxyl groups is 1. The van der Waals surface area contributed by atoms with Crippen LogP contribution in [0.25, 0.3) is 33.4 Å². The average molecular weight is 727 g/mol. The molecule has 4 aromatic rings. The number of rotatable bonds is 8. The molecule has 0 saturated carbocycles. The van der Waals surface area contributed by atoms with Gasteiger partial charge in [-0.1, -0.05) is 52.0 Å². The van der Waals surface area contributed by atoms with Crippen LogP contribution in [0.4, 0.5) is 11.4 Å². The minimum absolute atomic E-state index is 0.0577. The highest BCUT2D eigenvalue weighted by Crippen LogP contribution is 2.55. The number of nitrogens with zero attached hydrogens (tertiary/aromatic N) is 1. The Hall–Kier alpha value is -6.42. The van der Waals surface area contributed by atoms with E-state index in [1.54, 1.807) is 69.0 Å². The van der Waals surface area contributed by atoms with Crippen molar-refractivity contribution in [3.63, 3.8) is 0 Å². The van der Waals surface area contributed by atoms with Gasteiger partial charge in [0, 0.05) is 57.4 Å². The number of fused-ring (bicyclic) bond motifs is 1. The van der Waals surface area contributed by atoms with Gasteiger partial charge in [-0.3, -0.25) is 9.59 Å². The van der Waals surface area contributed by atoms with Gasteiger partial charge in [-0.15, -0.1) is 0 Å². The third-order valence-electron chi connectivity index (χ3n) is 10.1. The number of carbonyl (C=O) groups excluding carboxylic acids is 2. The number of aryl methyl sites for hydroxylation is 2. The lowest BCUT2D eigenvalue weighted by Crippen LogP contribution is -2.30. The van der Waals surface area contributed by atoms with Crippen LogP contribution in [-0.2, 0) is 9.59 Å². The number of hydroxylamine groups is 1. The largest absolute Gasteiger partial charge is 0.507 e. The van der Waals surface area contributed by atoms with E-state index in [0.29, 0.717) is 78.7 Å². The summed E-state index contributed by atoms with van der Waals surface area (Å²) in [6.45, 7) is 11.3. The average Bonchev–Trinajstić information content (AvgIpc) is 3.14. The first-order valence-corrected chi connectivity index (χ1v) is 17.7. The van der Waals surface area contributed by atoms with Crippen molar-refractivity contribution >= 4 is 45.2 Å². The van der Waals surface area contributed by atoms with Crippen molar-refractivity contribution in [2.75, 3.05) is 24.6 Å². The molecule has 276 valence electrons. The van der Waals surface area contributed by atoms with Crippen molar-refractivity contribution in [1.82, 2.24) is 0 Å². The number of benzene rings is 4. The molecule has 0 unspecified atom stereocenters. The summed E-state index contributed by atoms with van der Waals surface area (Å²) in [4.78, 5) is 34.7. The molecule has 0 atom stereocenters. The molecular weight excluding hydrogens is 684 g/mol. The zero-order valence-electron chi connectivity index (χ0n) is 31.4. The quantitative estimate of drug-likeness (QED) is 0.130.